The van der Waals surface area contributed by atoms with Crippen LogP contribution in [0.25, 0.3) is 0 Å². The summed E-state index contributed by atoms with van der Waals surface area (Å²) in [5, 5.41) is 11.2. The first-order valence-corrected chi connectivity index (χ1v) is 5.93. The summed E-state index contributed by atoms with van der Waals surface area (Å²) in [6.07, 6.45) is 2.72. The van der Waals surface area contributed by atoms with E-state index in [1.54, 1.807) is 0 Å². The lowest BCUT2D eigenvalue weighted by Crippen LogP contribution is -2.04. The third-order valence-electron chi connectivity index (χ3n) is 3.78. The number of ketones is 1. The fraction of sp³-hybridized carbons (Fsp3) is 0.462. The lowest BCUT2D eigenvalue weighted by atomic mass is 9.99. The molecule has 0 bridgehead atoms. The second kappa shape index (κ2) is 3.39. The van der Waals surface area contributed by atoms with Gasteiger partial charge in [-0.25, -0.2) is 0 Å². The summed E-state index contributed by atoms with van der Waals surface area (Å²) in [5.74, 6) is 0.385. The number of carbonyl (C=O) groups excluding carboxylic acids is 1. The summed E-state index contributed by atoms with van der Waals surface area (Å²) in [5.41, 5.74) is 3.26. The molecule has 1 unspecified atom stereocenters. The van der Waals surface area contributed by atoms with Crippen LogP contribution in [0.3, 0.4) is 0 Å². The van der Waals surface area contributed by atoms with Crippen LogP contribution in [0, 0.1) is 16.0 Å². The highest BCUT2D eigenvalue weighted by Crippen LogP contribution is 2.41. The van der Waals surface area contributed by atoms with Crippen LogP contribution in [0.5, 0.6) is 0 Å². The number of rotatable bonds is 1. The summed E-state index contributed by atoms with van der Waals surface area (Å²) < 4.78 is 0. The van der Waals surface area contributed by atoms with Gasteiger partial charge in [-0.15, -0.1) is 0 Å². The van der Waals surface area contributed by atoms with Gasteiger partial charge in [0.25, 0.3) is 5.69 Å². The molecule has 88 valence electrons. The molecule has 1 aromatic carbocycles. The summed E-state index contributed by atoms with van der Waals surface area (Å²) in [6, 6.07) is 2.02. The van der Waals surface area contributed by atoms with Gasteiger partial charge in [0, 0.05) is 12.0 Å². The summed E-state index contributed by atoms with van der Waals surface area (Å²) >= 11 is 0. The number of aryl methyl sites for hydroxylation is 1. The highest BCUT2D eigenvalue weighted by molar-refractivity contribution is 6.04. The highest BCUT2D eigenvalue weighted by Gasteiger charge is 2.36. The molecule has 0 amide bonds. The van der Waals surface area contributed by atoms with E-state index < -0.39 is 0 Å². The number of fused-ring (bicyclic) bond motifs is 2. The highest BCUT2D eigenvalue weighted by atomic mass is 16.6. The Morgan fingerprint density at radius 1 is 1.29 bits per heavy atom. The quantitative estimate of drug-likeness (QED) is 0.551. The fourth-order valence-electron chi connectivity index (χ4n) is 3.11. The molecule has 17 heavy (non-hydrogen) atoms. The topological polar surface area (TPSA) is 60.2 Å². The Morgan fingerprint density at radius 3 is 2.76 bits per heavy atom. The average molecular weight is 231 g/mol. The molecule has 0 fully saturated rings. The zero-order valence-corrected chi connectivity index (χ0v) is 9.66. The van der Waals surface area contributed by atoms with Gasteiger partial charge in [0.1, 0.15) is 0 Å². The minimum absolute atomic E-state index is 0.0611. The van der Waals surface area contributed by atoms with Gasteiger partial charge in [0.15, 0.2) is 5.78 Å². The standard InChI is InChI=1S/C13H13NO3/c1-7-4-9-6-8-2-3-11(15)12(8)13(14(16)17)10(9)5-7/h6-7H,2-5H2,1H3. The van der Waals surface area contributed by atoms with Gasteiger partial charge < -0.3 is 0 Å². The zero-order chi connectivity index (χ0) is 12.2. The first-order chi connectivity index (χ1) is 8.08. The van der Waals surface area contributed by atoms with Gasteiger partial charge in [-0.3, -0.25) is 14.9 Å². The largest absolute Gasteiger partial charge is 0.294 e. The number of nitro groups is 1. The molecule has 0 heterocycles. The van der Waals surface area contributed by atoms with Crippen molar-refractivity contribution >= 4 is 11.5 Å². The number of Topliss-reactive ketones (excluding diaryl/α,β-unsaturated/α-hetero) is 1. The summed E-state index contributed by atoms with van der Waals surface area (Å²) in [6.45, 7) is 2.09. The van der Waals surface area contributed by atoms with Crippen molar-refractivity contribution in [3.05, 3.63) is 38.4 Å². The molecule has 0 aliphatic heterocycles. The molecule has 0 saturated heterocycles. The number of hydrogen-bond donors (Lipinski definition) is 0. The van der Waals surface area contributed by atoms with Gasteiger partial charge in [-0.05, 0) is 36.3 Å². The smallest absolute Gasteiger partial charge is 0.283 e. The lowest BCUT2D eigenvalue weighted by Gasteiger charge is -2.06. The van der Waals surface area contributed by atoms with Crippen molar-refractivity contribution in [1.29, 1.82) is 0 Å². The van der Waals surface area contributed by atoms with Gasteiger partial charge in [0.2, 0.25) is 0 Å². The Kier molecular flexibility index (Phi) is 2.08. The maximum Gasteiger partial charge on any atom is 0.283 e. The van der Waals surface area contributed by atoms with E-state index in [0.29, 0.717) is 24.3 Å². The second-order valence-corrected chi connectivity index (χ2v) is 5.09. The first-order valence-electron chi connectivity index (χ1n) is 5.93. The number of benzene rings is 1. The van der Waals surface area contributed by atoms with Crippen molar-refractivity contribution in [3.8, 4) is 0 Å². The maximum absolute atomic E-state index is 11.8. The molecular formula is C13H13NO3. The number of nitrogens with zero attached hydrogens (tertiary/aromatic N) is 1. The number of hydrogen-bond acceptors (Lipinski definition) is 3. The van der Waals surface area contributed by atoms with Crippen LogP contribution < -0.4 is 0 Å². The summed E-state index contributed by atoms with van der Waals surface area (Å²) in [4.78, 5) is 22.6. The molecule has 0 aromatic heterocycles. The predicted octanol–water partition coefficient (Wildman–Crippen LogP) is 2.46. The van der Waals surface area contributed by atoms with E-state index in [1.165, 1.54) is 0 Å². The molecule has 1 aromatic rings. The normalized spacial score (nSPS) is 21.5. The van der Waals surface area contributed by atoms with Gasteiger partial charge in [-0.2, -0.15) is 0 Å². The third-order valence-corrected chi connectivity index (χ3v) is 3.78. The Labute approximate surface area is 98.8 Å². The molecule has 2 aliphatic carbocycles. The van der Waals surface area contributed by atoms with Crippen LogP contribution >= 0.6 is 0 Å². The minimum atomic E-state index is -0.362. The van der Waals surface area contributed by atoms with Crippen molar-refractivity contribution in [1.82, 2.24) is 0 Å². The SMILES string of the molecule is CC1Cc2cc3c(c([N+](=O)[O-])c2C1)C(=O)CC3. The number of nitro benzene ring substituents is 1. The van der Waals surface area contributed by atoms with E-state index in [0.717, 1.165) is 29.5 Å². The Bertz CT molecular complexity index is 548. The van der Waals surface area contributed by atoms with Crippen LogP contribution in [0.15, 0.2) is 6.07 Å². The van der Waals surface area contributed by atoms with Crippen molar-refractivity contribution in [2.45, 2.75) is 32.6 Å². The van der Waals surface area contributed by atoms with Crippen LogP contribution in [-0.2, 0) is 19.3 Å². The molecule has 0 N–H and O–H groups in total. The monoisotopic (exact) mass is 231 g/mol. The van der Waals surface area contributed by atoms with Crippen LogP contribution in [0.4, 0.5) is 5.69 Å². The molecular weight excluding hydrogens is 218 g/mol. The van der Waals surface area contributed by atoms with Crippen LogP contribution in [0.1, 0.15) is 40.4 Å². The van der Waals surface area contributed by atoms with E-state index in [1.807, 2.05) is 6.07 Å². The summed E-state index contributed by atoms with van der Waals surface area (Å²) in [7, 11) is 0. The average Bonchev–Trinajstić information content (AvgIpc) is 2.78. The van der Waals surface area contributed by atoms with Gasteiger partial charge in [-0.1, -0.05) is 13.0 Å². The molecule has 2 aliphatic rings. The Morgan fingerprint density at radius 2 is 2.06 bits per heavy atom. The van der Waals surface area contributed by atoms with E-state index in [9.17, 15) is 14.9 Å². The van der Waals surface area contributed by atoms with E-state index >= 15 is 0 Å². The van der Waals surface area contributed by atoms with E-state index in [2.05, 4.69) is 6.92 Å². The maximum atomic E-state index is 11.8. The molecule has 4 heteroatoms. The van der Waals surface area contributed by atoms with Crippen molar-refractivity contribution in [3.63, 3.8) is 0 Å². The molecule has 1 atom stereocenters. The fourth-order valence-corrected chi connectivity index (χ4v) is 3.11. The van der Waals surface area contributed by atoms with Crippen LogP contribution in [-0.4, -0.2) is 10.7 Å². The molecule has 4 nitrogen and oxygen atoms in total. The zero-order valence-electron chi connectivity index (χ0n) is 9.66. The van der Waals surface area contributed by atoms with Crippen LogP contribution in [0.2, 0.25) is 0 Å². The molecule has 0 spiro atoms. The molecule has 0 radical (unpaired) electrons. The van der Waals surface area contributed by atoms with Gasteiger partial charge in [0.05, 0.1) is 10.5 Å². The number of carbonyl (C=O) groups is 1. The molecule has 0 saturated carbocycles. The minimum Gasteiger partial charge on any atom is -0.294 e. The van der Waals surface area contributed by atoms with Crippen molar-refractivity contribution in [2.75, 3.05) is 0 Å². The van der Waals surface area contributed by atoms with E-state index in [4.69, 9.17) is 0 Å². The second-order valence-electron chi connectivity index (χ2n) is 5.09. The van der Waals surface area contributed by atoms with Gasteiger partial charge >= 0.3 is 0 Å². The molecule has 3 rings (SSSR count). The Balaban J connectivity index is 2.30. The predicted molar refractivity (Wildman–Crippen MR) is 62.3 cm³/mol. The lowest BCUT2D eigenvalue weighted by molar-refractivity contribution is -0.385. The Hall–Kier alpha value is -1.71. The third kappa shape index (κ3) is 1.40. The van der Waals surface area contributed by atoms with Crippen molar-refractivity contribution in [2.24, 2.45) is 5.92 Å². The van der Waals surface area contributed by atoms with Crippen molar-refractivity contribution < 1.29 is 9.72 Å². The van der Waals surface area contributed by atoms with E-state index in [-0.39, 0.29) is 16.4 Å². The first kappa shape index (κ1) is 10.4.